The number of carbonyl (C=O) groups excluding carboxylic acids is 2. The summed E-state index contributed by atoms with van der Waals surface area (Å²) in [6, 6.07) is 25.3. The maximum absolute atomic E-state index is 12.7. The van der Waals surface area contributed by atoms with E-state index in [0.717, 1.165) is 11.1 Å². The van der Waals surface area contributed by atoms with Crippen molar-refractivity contribution in [2.24, 2.45) is 5.10 Å². The van der Waals surface area contributed by atoms with Gasteiger partial charge in [0.1, 0.15) is 11.5 Å². The zero-order valence-corrected chi connectivity index (χ0v) is 20.0. The third-order valence-corrected chi connectivity index (χ3v) is 5.64. The van der Waals surface area contributed by atoms with Crippen LogP contribution in [0.1, 0.15) is 39.7 Å². The molecule has 1 heterocycles. The first kappa shape index (κ1) is 25.1. The first-order valence-corrected chi connectivity index (χ1v) is 11.5. The van der Waals surface area contributed by atoms with E-state index in [-0.39, 0.29) is 18.0 Å². The molecule has 0 aliphatic rings. The number of carbonyl (C=O) groups is 2. The molecule has 2 N–H and O–H groups in total. The molecule has 0 saturated carbocycles. The van der Waals surface area contributed by atoms with Gasteiger partial charge in [-0.3, -0.25) is 19.7 Å². The molecule has 9 heteroatoms. The second-order valence-corrected chi connectivity index (χ2v) is 8.26. The van der Waals surface area contributed by atoms with Crippen LogP contribution in [0, 0.1) is 17.0 Å². The number of rotatable bonds is 9. The molecule has 9 nitrogen and oxygen atoms in total. The summed E-state index contributed by atoms with van der Waals surface area (Å²) >= 11 is 0. The van der Waals surface area contributed by atoms with Crippen LogP contribution in [0.4, 0.5) is 5.69 Å². The fourth-order valence-electron chi connectivity index (χ4n) is 3.72. The lowest BCUT2D eigenvalue weighted by molar-refractivity contribution is -0.384. The van der Waals surface area contributed by atoms with Gasteiger partial charge in [0, 0.05) is 23.3 Å². The predicted molar refractivity (Wildman–Crippen MR) is 139 cm³/mol. The van der Waals surface area contributed by atoms with Gasteiger partial charge in [-0.25, -0.2) is 5.43 Å². The number of aryl methyl sites for hydroxylation is 1. The minimum atomic E-state index is -0.559. The summed E-state index contributed by atoms with van der Waals surface area (Å²) in [5, 5.41) is 18.0. The van der Waals surface area contributed by atoms with Crippen molar-refractivity contribution in [2.75, 3.05) is 0 Å². The summed E-state index contributed by atoms with van der Waals surface area (Å²) in [5.41, 5.74) is 5.12. The Morgan fingerprint density at radius 1 is 1.00 bits per heavy atom. The van der Waals surface area contributed by atoms with E-state index in [1.165, 1.54) is 18.3 Å². The quantitative estimate of drug-likeness (QED) is 0.188. The van der Waals surface area contributed by atoms with Crippen molar-refractivity contribution in [3.8, 4) is 11.3 Å². The summed E-state index contributed by atoms with van der Waals surface area (Å²) in [7, 11) is 0. The van der Waals surface area contributed by atoms with Crippen LogP contribution in [0.15, 0.2) is 101 Å². The number of nitrogens with zero attached hydrogens (tertiary/aromatic N) is 2. The number of benzene rings is 3. The van der Waals surface area contributed by atoms with E-state index in [1.807, 2.05) is 43.3 Å². The number of hydrogen-bond donors (Lipinski definition) is 2. The average molecular weight is 497 g/mol. The number of furan rings is 1. The number of nitro groups is 1. The van der Waals surface area contributed by atoms with Gasteiger partial charge >= 0.3 is 0 Å². The third-order valence-electron chi connectivity index (χ3n) is 5.64. The van der Waals surface area contributed by atoms with Gasteiger partial charge in [-0.15, -0.1) is 0 Å². The molecule has 37 heavy (non-hydrogen) atoms. The lowest BCUT2D eigenvalue weighted by Crippen LogP contribution is -2.32. The second-order valence-electron chi connectivity index (χ2n) is 8.26. The van der Waals surface area contributed by atoms with Crippen molar-refractivity contribution in [3.63, 3.8) is 0 Å². The topological polar surface area (TPSA) is 127 Å². The Morgan fingerprint density at radius 3 is 2.41 bits per heavy atom. The highest BCUT2D eigenvalue weighted by Crippen LogP contribution is 2.28. The van der Waals surface area contributed by atoms with Gasteiger partial charge in [0.15, 0.2) is 0 Å². The Bertz CT molecular complexity index is 1430. The number of amides is 2. The Hall–Kier alpha value is -5.05. The van der Waals surface area contributed by atoms with E-state index in [0.29, 0.717) is 22.6 Å². The minimum Gasteiger partial charge on any atom is -0.455 e. The molecule has 1 aromatic heterocycles. The molecule has 0 unspecified atom stereocenters. The van der Waals surface area contributed by atoms with Crippen LogP contribution in [0.5, 0.6) is 0 Å². The smallest absolute Gasteiger partial charge is 0.270 e. The molecule has 1 atom stereocenters. The zero-order chi connectivity index (χ0) is 26.2. The standard InChI is InChI=1S/C28H24N4O5/c1-19-12-13-22(32(35)36)16-24(19)26-15-14-23(37-26)18-29-31-27(33)17-25(20-8-4-2-5-9-20)30-28(34)21-10-6-3-7-11-21/h2-16,18,25H,17H2,1H3,(H,30,34)(H,31,33)/b29-18-/t25-/m0/s1. The minimum absolute atomic E-state index is 0.0315. The molecule has 0 spiro atoms. The van der Waals surface area contributed by atoms with Gasteiger partial charge in [-0.05, 0) is 42.3 Å². The first-order chi connectivity index (χ1) is 17.9. The lowest BCUT2D eigenvalue weighted by Gasteiger charge is -2.18. The van der Waals surface area contributed by atoms with Crippen LogP contribution >= 0.6 is 0 Å². The van der Waals surface area contributed by atoms with E-state index in [9.17, 15) is 19.7 Å². The fraction of sp³-hybridized carbons (Fsp3) is 0.107. The van der Waals surface area contributed by atoms with Gasteiger partial charge in [0.25, 0.3) is 11.6 Å². The molecule has 186 valence electrons. The summed E-state index contributed by atoms with van der Waals surface area (Å²) in [6.45, 7) is 1.83. The van der Waals surface area contributed by atoms with Crippen LogP contribution in [0.2, 0.25) is 0 Å². The summed E-state index contributed by atoms with van der Waals surface area (Å²) < 4.78 is 5.74. The summed E-state index contributed by atoms with van der Waals surface area (Å²) in [4.78, 5) is 36.0. The molecule has 0 saturated heterocycles. The van der Waals surface area contributed by atoms with Gasteiger partial charge in [0.2, 0.25) is 5.91 Å². The number of non-ortho nitro benzene ring substituents is 1. The van der Waals surface area contributed by atoms with E-state index in [4.69, 9.17) is 4.42 Å². The Labute approximate surface area is 213 Å². The van der Waals surface area contributed by atoms with E-state index in [2.05, 4.69) is 15.8 Å². The largest absolute Gasteiger partial charge is 0.455 e. The van der Waals surface area contributed by atoms with Crippen LogP contribution < -0.4 is 10.7 Å². The average Bonchev–Trinajstić information content (AvgIpc) is 3.38. The highest BCUT2D eigenvalue weighted by atomic mass is 16.6. The zero-order valence-electron chi connectivity index (χ0n) is 20.0. The van der Waals surface area contributed by atoms with Crippen LogP contribution in [0.3, 0.4) is 0 Å². The SMILES string of the molecule is Cc1ccc([N+](=O)[O-])cc1-c1ccc(/C=N\NC(=O)C[C@H](NC(=O)c2ccccc2)c2ccccc2)o1. The molecule has 0 aliphatic carbocycles. The lowest BCUT2D eigenvalue weighted by atomic mass is 10.0. The number of hydrazone groups is 1. The van der Waals surface area contributed by atoms with Gasteiger partial charge < -0.3 is 9.73 Å². The number of hydrogen-bond acceptors (Lipinski definition) is 6. The molecule has 0 radical (unpaired) electrons. The molecule has 3 aromatic carbocycles. The van der Waals surface area contributed by atoms with Crippen molar-refractivity contribution in [3.05, 3.63) is 124 Å². The third kappa shape index (κ3) is 6.55. The fourth-order valence-corrected chi connectivity index (χ4v) is 3.72. The molecule has 4 rings (SSSR count). The Balaban J connectivity index is 1.41. The molecule has 0 aliphatic heterocycles. The number of nitrogens with one attached hydrogen (secondary N) is 2. The monoisotopic (exact) mass is 496 g/mol. The van der Waals surface area contributed by atoms with E-state index >= 15 is 0 Å². The van der Waals surface area contributed by atoms with E-state index < -0.39 is 16.9 Å². The molecular formula is C28H24N4O5. The van der Waals surface area contributed by atoms with Crippen molar-refractivity contribution in [1.29, 1.82) is 0 Å². The first-order valence-electron chi connectivity index (χ1n) is 11.5. The van der Waals surface area contributed by atoms with Crippen molar-refractivity contribution < 1.29 is 18.9 Å². The van der Waals surface area contributed by atoms with Crippen molar-refractivity contribution >= 4 is 23.7 Å². The van der Waals surface area contributed by atoms with Crippen LogP contribution in [-0.4, -0.2) is 23.0 Å². The Kier molecular flexibility index (Phi) is 7.85. The Morgan fingerprint density at radius 2 is 1.70 bits per heavy atom. The normalized spacial score (nSPS) is 11.7. The molecule has 0 bridgehead atoms. The number of nitro benzene ring substituents is 1. The summed E-state index contributed by atoms with van der Waals surface area (Å²) in [6.07, 6.45) is 1.31. The predicted octanol–water partition coefficient (Wildman–Crippen LogP) is 5.17. The van der Waals surface area contributed by atoms with Crippen molar-refractivity contribution in [2.45, 2.75) is 19.4 Å². The highest BCUT2D eigenvalue weighted by Gasteiger charge is 2.19. The highest BCUT2D eigenvalue weighted by molar-refractivity contribution is 5.94. The van der Waals surface area contributed by atoms with Crippen molar-refractivity contribution in [1.82, 2.24) is 10.7 Å². The second kappa shape index (κ2) is 11.6. The maximum atomic E-state index is 12.7. The molecule has 0 fully saturated rings. The van der Waals surface area contributed by atoms with Gasteiger partial charge in [0.05, 0.1) is 23.6 Å². The molecular weight excluding hydrogens is 472 g/mol. The maximum Gasteiger partial charge on any atom is 0.270 e. The van der Waals surface area contributed by atoms with Crippen LogP contribution in [0.25, 0.3) is 11.3 Å². The molecule has 4 aromatic rings. The summed E-state index contributed by atoms with van der Waals surface area (Å²) in [5.74, 6) is 0.116. The molecule has 2 amide bonds. The van der Waals surface area contributed by atoms with Crippen LogP contribution in [-0.2, 0) is 4.79 Å². The van der Waals surface area contributed by atoms with Gasteiger partial charge in [-0.1, -0.05) is 54.6 Å². The van der Waals surface area contributed by atoms with E-state index in [1.54, 1.807) is 42.5 Å². The van der Waals surface area contributed by atoms with Gasteiger partial charge in [-0.2, -0.15) is 5.10 Å².